The van der Waals surface area contributed by atoms with Crippen LogP contribution in [0, 0.1) is 5.92 Å². The molecule has 2 amide bonds. The molecule has 1 saturated carbocycles. The molecule has 0 radical (unpaired) electrons. The van der Waals surface area contributed by atoms with Gasteiger partial charge in [0.15, 0.2) is 0 Å². The summed E-state index contributed by atoms with van der Waals surface area (Å²) in [6.07, 6.45) is 6.35. The first kappa shape index (κ1) is 19.8. The Morgan fingerprint density at radius 1 is 1.00 bits per heavy atom. The van der Waals surface area contributed by atoms with Crippen molar-refractivity contribution in [3.8, 4) is 5.88 Å². The highest BCUT2D eigenvalue weighted by atomic mass is 16.5. The van der Waals surface area contributed by atoms with Crippen molar-refractivity contribution in [3.63, 3.8) is 0 Å². The summed E-state index contributed by atoms with van der Waals surface area (Å²) in [5.74, 6) is -0.369. The van der Waals surface area contributed by atoms with E-state index < -0.39 is 5.97 Å². The second kappa shape index (κ2) is 8.49. The molecule has 0 atom stereocenters. The van der Waals surface area contributed by atoms with Gasteiger partial charge < -0.3 is 14.5 Å². The molecule has 8 nitrogen and oxygen atoms in total. The third-order valence-electron chi connectivity index (χ3n) is 6.18. The quantitative estimate of drug-likeness (QED) is 0.706. The summed E-state index contributed by atoms with van der Waals surface area (Å²) in [5, 5.41) is 0. The van der Waals surface area contributed by atoms with E-state index in [-0.39, 0.29) is 23.6 Å². The minimum atomic E-state index is -0.454. The number of carbonyl (C=O) groups excluding carboxylic acids is 3. The van der Waals surface area contributed by atoms with Crippen LogP contribution in [0.4, 0.5) is 0 Å². The van der Waals surface area contributed by atoms with Gasteiger partial charge in [-0.3, -0.25) is 19.3 Å². The zero-order valence-electron chi connectivity index (χ0n) is 16.9. The van der Waals surface area contributed by atoms with Crippen molar-refractivity contribution in [2.75, 3.05) is 39.3 Å². The fourth-order valence-corrected chi connectivity index (χ4v) is 4.23. The SMILES string of the molecule is CC(=O)Oc1ccc(C(=O)N2CC(C(=O)N3CCCN(C4CCC4)CC3)C2)cn1. The Morgan fingerprint density at radius 3 is 2.41 bits per heavy atom. The van der Waals surface area contributed by atoms with Crippen LogP contribution in [0.5, 0.6) is 5.88 Å². The standard InChI is InChI=1S/C21H28N4O4/c1-15(26)29-19-7-6-16(12-22-19)20(27)25-13-17(14-25)21(28)24-9-3-8-23(10-11-24)18-4-2-5-18/h6-7,12,17-18H,2-5,8-11,13-14H2,1H3. The van der Waals surface area contributed by atoms with Gasteiger partial charge >= 0.3 is 5.97 Å². The summed E-state index contributed by atoms with van der Waals surface area (Å²) in [6.45, 7) is 5.85. The van der Waals surface area contributed by atoms with Crippen molar-refractivity contribution in [3.05, 3.63) is 23.9 Å². The van der Waals surface area contributed by atoms with E-state index in [4.69, 9.17) is 4.74 Å². The Balaban J connectivity index is 1.26. The monoisotopic (exact) mass is 400 g/mol. The molecule has 0 unspecified atom stereocenters. The van der Waals surface area contributed by atoms with Gasteiger partial charge in [0.1, 0.15) is 0 Å². The number of pyridine rings is 1. The van der Waals surface area contributed by atoms with Gasteiger partial charge in [-0.15, -0.1) is 0 Å². The first-order valence-corrected chi connectivity index (χ1v) is 10.5. The summed E-state index contributed by atoms with van der Waals surface area (Å²) in [4.78, 5) is 46.5. The molecule has 1 aromatic heterocycles. The van der Waals surface area contributed by atoms with Gasteiger partial charge in [0.05, 0.1) is 11.5 Å². The zero-order valence-corrected chi connectivity index (χ0v) is 16.9. The van der Waals surface area contributed by atoms with Crippen LogP contribution < -0.4 is 4.74 Å². The minimum absolute atomic E-state index is 0.109. The maximum absolute atomic E-state index is 12.9. The first-order chi connectivity index (χ1) is 14.0. The van der Waals surface area contributed by atoms with E-state index in [0.717, 1.165) is 38.6 Å². The van der Waals surface area contributed by atoms with Crippen molar-refractivity contribution in [2.24, 2.45) is 5.92 Å². The molecular weight excluding hydrogens is 372 g/mol. The van der Waals surface area contributed by atoms with E-state index >= 15 is 0 Å². The lowest BCUT2D eigenvalue weighted by atomic mass is 9.91. The van der Waals surface area contributed by atoms with Crippen molar-refractivity contribution in [1.82, 2.24) is 19.7 Å². The van der Waals surface area contributed by atoms with Crippen molar-refractivity contribution in [2.45, 2.75) is 38.6 Å². The number of likely N-dealkylation sites (tertiary alicyclic amines) is 1. The van der Waals surface area contributed by atoms with Crippen LogP contribution in [0.25, 0.3) is 0 Å². The molecule has 3 heterocycles. The maximum atomic E-state index is 12.9. The van der Waals surface area contributed by atoms with Gasteiger partial charge in [0.25, 0.3) is 5.91 Å². The molecule has 3 aliphatic rings. The number of nitrogens with zero attached hydrogens (tertiary/aromatic N) is 4. The normalized spacial score (nSPS) is 21.1. The lowest BCUT2D eigenvalue weighted by Gasteiger charge is -2.40. The summed E-state index contributed by atoms with van der Waals surface area (Å²) in [6, 6.07) is 3.82. The van der Waals surface area contributed by atoms with Gasteiger partial charge in [0.2, 0.25) is 11.8 Å². The molecule has 156 valence electrons. The van der Waals surface area contributed by atoms with Gasteiger partial charge in [0, 0.05) is 64.5 Å². The van der Waals surface area contributed by atoms with Crippen LogP contribution in [0.3, 0.4) is 0 Å². The number of carbonyl (C=O) groups is 3. The highest BCUT2D eigenvalue weighted by Gasteiger charge is 2.39. The highest BCUT2D eigenvalue weighted by Crippen LogP contribution is 2.26. The maximum Gasteiger partial charge on any atom is 0.309 e. The van der Waals surface area contributed by atoms with Crippen LogP contribution in [0.1, 0.15) is 43.0 Å². The van der Waals surface area contributed by atoms with E-state index in [1.54, 1.807) is 11.0 Å². The lowest BCUT2D eigenvalue weighted by molar-refractivity contribution is -0.139. The Hall–Kier alpha value is -2.48. The number of esters is 1. The van der Waals surface area contributed by atoms with E-state index in [0.29, 0.717) is 18.7 Å². The van der Waals surface area contributed by atoms with E-state index in [1.165, 1.54) is 38.4 Å². The molecular formula is C21H28N4O4. The number of hydrogen-bond acceptors (Lipinski definition) is 6. The fraction of sp³-hybridized carbons (Fsp3) is 0.619. The number of rotatable bonds is 4. The lowest BCUT2D eigenvalue weighted by Crippen LogP contribution is -2.56. The summed E-state index contributed by atoms with van der Waals surface area (Å²) in [7, 11) is 0. The fourth-order valence-electron chi connectivity index (χ4n) is 4.23. The van der Waals surface area contributed by atoms with Crippen LogP contribution in [-0.4, -0.2) is 82.8 Å². The molecule has 3 fully saturated rings. The molecule has 0 N–H and O–H groups in total. The molecule has 1 aromatic rings. The van der Waals surface area contributed by atoms with Crippen LogP contribution in [-0.2, 0) is 9.59 Å². The molecule has 2 saturated heterocycles. The molecule has 1 aliphatic carbocycles. The predicted octanol–water partition coefficient (Wildman–Crippen LogP) is 1.17. The predicted molar refractivity (Wildman–Crippen MR) is 105 cm³/mol. The topological polar surface area (TPSA) is 83.0 Å². The average Bonchev–Trinajstić information content (AvgIpc) is 2.85. The van der Waals surface area contributed by atoms with Gasteiger partial charge in [-0.2, -0.15) is 0 Å². The smallest absolute Gasteiger partial charge is 0.309 e. The largest absolute Gasteiger partial charge is 0.408 e. The van der Waals surface area contributed by atoms with E-state index in [9.17, 15) is 14.4 Å². The highest BCUT2D eigenvalue weighted by molar-refractivity contribution is 5.96. The second-order valence-corrected chi connectivity index (χ2v) is 8.19. The molecule has 29 heavy (non-hydrogen) atoms. The molecule has 0 aromatic carbocycles. The second-order valence-electron chi connectivity index (χ2n) is 8.19. The van der Waals surface area contributed by atoms with Crippen molar-refractivity contribution in [1.29, 1.82) is 0 Å². The number of aromatic nitrogens is 1. The molecule has 2 aliphatic heterocycles. The van der Waals surface area contributed by atoms with Gasteiger partial charge in [-0.05, 0) is 25.3 Å². The van der Waals surface area contributed by atoms with Crippen molar-refractivity contribution < 1.29 is 19.1 Å². The summed E-state index contributed by atoms with van der Waals surface area (Å²) in [5.41, 5.74) is 0.428. The Bertz CT molecular complexity index is 771. The Morgan fingerprint density at radius 2 is 1.79 bits per heavy atom. The van der Waals surface area contributed by atoms with Crippen LogP contribution >= 0.6 is 0 Å². The number of amides is 2. The van der Waals surface area contributed by atoms with Crippen LogP contribution in [0.2, 0.25) is 0 Å². The van der Waals surface area contributed by atoms with Crippen LogP contribution in [0.15, 0.2) is 18.3 Å². The number of hydrogen-bond donors (Lipinski definition) is 0. The minimum Gasteiger partial charge on any atom is -0.408 e. The van der Waals surface area contributed by atoms with Gasteiger partial charge in [-0.25, -0.2) is 4.98 Å². The Kier molecular flexibility index (Phi) is 5.80. The third-order valence-corrected chi connectivity index (χ3v) is 6.18. The third kappa shape index (κ3) is 4.42. The molecule has 0 bridgehead atoms. The average molecular weight is 400 g/mol. The molecule has 8 heteroatoms. The van der Waals surface area contributed by atoms with E-state index in [1.807, 2.05) is 4.90 Å². The first-order valence-electron chi connectivity index (χ1n) is 10.5. The summed E-state index contributed by atoms with van der Waals surface area (Å²) >= 11 is 0. The van der Waals surface area contributed by atoms with Crippen molar-refractivity contribution >= 4 is 17.8 Å². The number of ether oxygens (including phenoxy) is 1. The Labute approximate surface area is 170 Å². The molecule has 0 spiro atoms. The van der Waals surface area contributed by atoms with Gasteiger partial charge in [-0.1, -0.05) is 6.42 Å². The molecule has 4 rings (SSSR count). The van der Waals surface area contributed by atoms with E-state index in [2.05, 4.69) is 9.88 Å². The summed E-state index contributed by atoms with van der Waals surface area (Å²) < 4.78 is 4.88. The zero-order chi connectivity index (χ0) is 20.4.